The van der Waals surface area contributed by atoms with Gasteiger partial charge in [-0.15, -0.1) is 6.58 Å². The minimum Gasteiger partial charge on any atom is -0.352 e. The minimum absolute atomic E-state index is 0.157. The Morgan fingerprint density at radius 1 is 1.20 bits per heavy atom. The Morgan fingerprint density at radius 2 is 1.93 bits per heavy atom. The highest BCUT2D eigenvalue weighted by molar-refractivity contribution is 5.83. The molecule has 160 valence electrons. The van der Waals surface area contributed by atoms with Gasteiger partial charge in [-0.25, -0.2) is 0 Å². The molecular weight excluding hydrogens is 370 g/mol. The zero-order valence-corrected chi connectivity index (χ0v) is 18.7. The predicted molar refractivity (Wildman–Crippen MR) is 124 cm³/mol. The lowest BCUT2D eigenvalue weighted by Crippen LogP contribution is -2.51. The fourth-order valence-corrected chi connectivity index (χ4v) is 4.43. The molecule has 1 N–H and O–H groups in total. The van der Waals surface area contributed by atoms with Crippen LogP contribution >= 0.6 is 0 Å². The summed E-state index contributed by atoms with van der Waals surface area (Å²) in [5, 5.41) is 3.09. The monoisotopic (exact) mass is 405 g/mol. The summed E-state index contributed by atoms with van der Waals surface area (Å²) in [5.74, 6) is 0.157. The summed E-state index contributed by atoms with van der Waals surface area (Å²) in [5.41, 5.74) is 3.35. The number of likely N-dealkylation sites (tertiary alicyclic amines) is 1. The number of nitrogens with one attached hydrogen (secondary N) is 1. The summed E-state index contributed by atoms with van der Waals surface area (Å²) in [7, 11) is 0. The van der Waals surface area contributed by atoms with Crippen LogP contribution in [-0.4, -0.2) is 42.0 Å². The van der Waals surface area contributed by atoms with E-state index in [0.29, 0.717) is 6.54 Å². The van der Waals surface area contributed by atoms with E-state index in [0.717, 1.165) is 50.0 Å². The van der Waals surface area contributed by atoms with E-state index < -0.39 is 0 Å². The third-order valence-corrected chi connectivity index (χ3v) is 5.86. The summed E-state index contributed by atoms with van der Waals surface area (Å²) in [6, 6.07) is 12.6. The maximum absolute atomic E-state index is 13.2. The number of carbonyl (C=O) groups excluding carboxylic acids is 1. The number of carbonyl (C=O) groups is 1. The quantitative estimate of drug-likeness (QED) is 0.678. The minimum atomic E-state index is -0.370. The second-order valence-corrected chi connectivity index (χ2v) is 9.73. The van der Waals surface area contributed by atoms with E-state index in [1.165, 1.54) is 5.56 Å². The normalized spacial score (nSPS) is 16.8. The van der Waals surface area contributed by atoms with Gasteiger partial charge in [0.25, 0.3) is 0 Å². The SMILES string of the molecule is C=CCNC(=O)C1(Cc2cccc(-c3cccnc3)c2)CCN(CC(C)(C)C)CC1. The molecule has 0 unspecified atom stereocenters. The van der Waals surface area contributed by atoms with Gasteiger partial charge in [0, 0.05) is 25.5 Å². The predicted octanol–water partition coefficient (Wildman–Crippen LogP) is 4.72. The molecule has 1 aliphatic heterocycles. The van der Waals surface area contributed by atoms with Crippen LogP contribution in [0.3, 0.4) is 0 Å². The van der Waals surface area contributed by atoms with Crippen molar-refractivity contribution in [2.75, 3.05) is 26.2 Å². The Hall–Kier alpha value is -2.46. The number of benzene rings is 1. The van der Waals surface area contributed by atoms with E-state index >= 15 is 0 Å². The van der Waals surface area contributed by atoms with E-state index in [2.05, 4.69) is 72.9 Å². The third-order valence-electron chi connectivity index (χ3n) is 5.86. The summed E-state index contributed by atoms with van der Waals surface area (Å²) in [4.78, 5) is 20.0. The number of hydrogen-bond acceptors (Lipinski definition) is 3. The molecule has 1 aromatic carbocycles. The Morgan fingerprint density at radius 3 is 2.57 bits per heavy atom. The van der Waals surface area contributed by atoms with Crippen molar-refractivity contribution in [2.24, 2.45) is 10.8 Å². The first-order valence-electron chi connectivity index (χ1n) is 10.9. The first-order chi connectivity index (χ1) is 14.3. The molecule has 0 saturated carbocycles. The summed E-state index contributed by atoms with van der Waals surface area (Å²) < 4.78 is 0. The molecule has 0 bridgehead atoms. The van der Waals surface area contributed by atoms with Crippen LogP contribution < -0.4 is 5.32 Å². The molecule has 0 spiro atoms. The van der Waals surface area contributed by atoms with Gasteiger partial charge < -0.3 is 10.2 Å². The number of amides is 1. The van der Waals surface area contributed by atoms with E-state index in [9.17, 15) is 4.79 Å². The van der Waals surface area contributed by atoms with Gasteiger partial charge in [-0.05, 0) is 60.5 Å². The van der Waals surface area contributed by atoms with E-state index in [-0.39, 0.29) is 16.7 Å². The van der Waals surface area contributed by atoms with Gasteiger partial charge in [-0.2, -0.15) is 0 Å². The van der Waals surface area contributed by atoms with Gasteiger partial charge in [0.1, 0.15) is 0 Å². The first-order valence-corrected chi connectivity index (χ1v) is 10.9. The molecular formula is C26H35N3O. The first kappa shape index (κ1) is 22.2. The zero-order valence-electron chi connectivity index (χ0n) is 18.7. The number of aromatic nitrogens is 1. The average molecular weight is 406 g/mol. The Kier molecular flexibility index (Phi) is 7.09. The van der Waals surface area contributed by atoms with Crippen molar-refractivity contribution in [1.29, 1.82) is 0 Å². The van der Waals surface area contributed by atoms with Crippen LogP contribution in [0.4, 0.5) is 0 Å². The van der Waals surface area contributed by atoms with Crippen LogP contribution in [0.25, 0.3) is 11.1 Å². The molecule has 4 heteroatoms. The number of piperidine rings is 1. The molecule has 1 saturated heterocycles. The van der Waals surface area contributed by atoms with Crippen LogP contribution in [-0.2, 0) is 11.2 Å². The van der Waals surface area contributed by atoms with Gasteiger partial charge in [-0.3, -0.25) is 9.78 Å². The van der Waals surface area contributed by atoms with Crippen LogP contribution in [0.2, 0.25) is 0 Å². The van der Waals surface area contributed by atoms with Crippen molar-refractivity contribution in [3.05, 3.63) is 67.0 Å². The smallest absolute Gasteiger partial charge is 0.226 e. The molecule has 1 amide bonds. The maximum atomic E-state index is 13.2. The second-order valence-electron chi connectivity index (χ2n) is 9.73. The largest absolute Gasteiger partial charge is 0.352 e. The third kappa shape index (κ3) is 5.79. The lowest BCUT2D eigenvalue weighted by molar-refractivity contribution is -0.133. The Bertz CT molecular complexity index is 846. The van der Waals surface area contributed by atoms with E-state index in [1.54, 1.807) is 12.3 Å². The Balaban J connectivity index is 1.80. The number of rotatable bonds is 7. The van der Waals surface area contributed by atoms with Gasteiger partial charge in [0.2, 0.25) is 5.91 Å². The number of pyridine rings is 1. The van der Waals surface area contributed by atoms with Crippen LogP contribution in [0.5, 0.6) is 0 Å². The van der Waals surface area contributed by atoms with Crippen LogP contribution in [0.15, 0.2) is 61.4 Å². The van der Waals surface area contributed by atoms with Crippen molar-refractivity contribution in [2.45, 2.75) is 40.0 Å². The lowest BCUT2D eigenvalue weighted by Gasteiger charge is -2.42. The van der Waals surface area contributed by atoms with Crippen molar-refractivity contribution in [3.8, 4) is 11.1 Å². The molecule has 3 rings (SSSR count). The van der Waals surface area contributed by atoms with Crippen molar-refractivity contribution >= 4 is 5.91 Å². The second kappa shape index (κ2) is 9.57. The molecule has 0 atom stereocenters. The molecule has 0 radical (unpaired) electrons. The number of nitrogens with zero attached hydrogens (tertiary/aromatic N) is 2. The average Bonchev–Trinajstić information content (AvgIpc) is 2.73. The molecule has 1 aliphatic rings. The number of hydrogen-bond donors (Lipinski definition) is 1. The standard InChI is InChI=1S/C26H35N3O/c1-5-13-28-24(30)26(11-15-29(16-12-26)20-25(2,3)4)18-21-8-6-9-22(17-21)23-10-7-14-27-19-23/h5-10,14,17,19H,1,11-13,15-16,18,20H2,2-4H3,(H,28,30). The summed E-state index contributed by atoms with van der Waals surface area (Å²) in [6.07, 6.45) is 7.94. The Labute approximate surface area is 181 Å². The van der Waals surface area contributed by atoms with Gasteiger partial charge in [-0.1, -0.05) is 57.2 Å². The molecule has 30 heavy (non-hydrogen) atoms. The molecule has 1 aromatic heterocycles. The summed E-state index contributed by atoms with van der Waals surface area (Å²) >= 11 is 0. The highest BCUT2D eigenvalue weighted by atomic mass is 16.2. The fraction of sp³-hybridized carbons (Fsp3) is 0.462. The molecule has 0 aliphatic carbocycles. The highest BCUT2D eigenvalue weighted by Gasteiger charge is 2.41. The molecule has 1 fully saturated rings. The van der Waals surface area contributed by atoms with E-state index in [4.69, 9.17) is 0 Å². The summed E-state index contributed by atoms with van der Waals surface area (Å²) in [6.45, 7) is 14.1. The topological polar surface area (TPSA) is 45.2 Å². The van der Waals surface area contributed by atoms with Crippen LogP contribution in [0, 0.1) is 10.8 Å². The molecule has 4 nitrogen and oxygen atoms in total. The van der Waals surface area contributed by atoms with Crippen molar-refractivity contribution in [3.63, 3.8) is 0 Å². The highest BCUT2D eigenvalue weighted by Crippen LogP contribution is 2.37. The molecule has 2 heterocycles. The van der Waals surface area contributed by atoms with Gasteiger partial charge in [0.15, 0.2) is 0 Å². The molecule has 2 aromatic rings. The van der Waals surface area contributed by atoms with E-state index in [1.807, 2.05) is 12.3 Å². The van der Waals surface area contributed by atoms with Gasteiger partial charge >= 0.3 is 0 Å². The zero-order chi connectivity index (χ0) is 21.6. The lowest BCUT2D eigenvalue weighted by atomic mass is 9.72. The maximum Gasteiger partial charge on any atom is 0.226 e. The van der Waals surface area contributed by atoms with Crippen LogP contribution in [0.1, 0.15) is 39.2 Å². The van der Waals surface area contributed by atoms with Crippen molar-refractivity contribution < 1.29 is 4.79 Å². The fourth-order valence-electron chi connectivity index (χ4n) is 4.43. The van der Waals surface area contributed by atoms with Gasteiger partial charge in [0.05, 0.1) is 5.41 Å². The van der Waals surface area contributed by atoms with Crippen molar-refractivity contribution in [1.82, 2.24) is 15.2 Å².